The fourth-order valence-corrected chi connectivity index (χ4v) is 4.16. The molecule has 28 heavy (non-hydrogen) atoms. The van der Waals surface area contributed by atoms with Gasteiger partial charge in [-0.2, -0.15) is 0 Å². The first-order valence-electron chi connectivity index (χ1n) is 10.1. The molecule has 1 aromatic rings. The van der Waals surface area contributed by atoms with Crippen molar-refractivity contribution in [3.63, 3.8) is 0 Å². The minimum Gasteiger partial charge on any atom is -0.383 e. The highest BCUT2D eigenvalue weighted by Gasteiger charge is 2.33. The van der Waals surface area contributed by atoms with E-state index in [9.17, 15) is 14.0 Å². The number of carbonyl (C=O) groups is 2. The lowest BCUT2D eigenvalue weighted by Crippen LogP contribution is -2.51. The van der Waals surface area contributed by atoms with Gasteiger partial charge in [0.2, 0.25) is 11.8 Å². The van der Waals surface area contributed by atoms with Gasteiger partial charge < -0.3 is 19.9 Å². The van der Waals surface area contributed by atoms with Crippen LogP contribution < -0.4 is 10.2 Å². The number of benzene rings is 1. The largest absolute Gasteiger partial charge is 0.383 e. The maximum atomic E-state index is 14.0. The number of hydrogen-bond acceptors (Lipinski definition) is 4. The Balaban J connectivity index is 1.44. The Morgan fingerprint density at radius 2 is 1.71 bits per heavy atom. The minimum atomic E-state index is -0.218. The van der Waals surface area contributed by atoms with Crippen LogP contribution >= 0.6 is 0 Å². The molecule has 0 bridgehead atoms. The van der Waals surface area contributed by atoms with Crippen molar-refractivity contribution in [1.29, 1.82) is 0 Å². The van der Waals surface area contributed by atoms with Gasteiger partial charge in [0, 0.05) is 51.7 Å². The van der Waals surface area contributed by atoms with E-state index in [0.717, 1.165) is 25.7 Å². The van der Waals surface area contributed by atoms with Crippen LogP contribution in [0.3, 0.4) is 0 Å². The lowest BCUT2D eigenvalue weighted by Gasteiger charge is -2.38. The van der Waals surface area contributed by atoms with Crippen molar-refractivity contribution in [1.82, 2.24) is 10.2 Å². The van der Waals surface area contributed by atoms with Gasteiger partial charge in [-0.1, -0.05) is 12.1 Å². The van der Waals surface area contributed by atoms with Crippen LogP contribution in [0.4, 0.5) is 10.1 Å². The van der Waals surface area contributed by atoms with E-state index in [0.29, 0.717) is 45.0 Å². The van der Waals surface area contributed by atoms with Gasteiger partial charge in [-0.15, -0.1) is 0 Å². The van der Waals surface area contributed by atoms with Crippen LogP contribution in [0.1, 0.15) is 25.7 Å². The lowest BCUT2D eigenvalue weighted by atomic mass is 9.81. The molecule has 0 atom stereocenters. The number of nitrogens with zero attached hydrogens (tertiary/aromatic N) is 2. The summed E-state index contributed by atoms with van der Waals surface area (Å²) in [5, 5.41) is 2.89. The molecule has 2 amide bonds. The maximum absolute atomic E-state index is 14.0. The molecule has 1 aliphatic carbocycles. The second-order valence-electron chi connectivity index (χ2n) is 7.60. The summed E-state index contributed by atoms with van der Waals surface area (Å²) in [6.45, 7) is 3.56. The number of amides is 2. The summed E-state index contributed by atoms with van der Waals surface area (Å²) in [4.78, 5) is 28.9. The molecule has 1 saturated carbocycles. The Morgan fingerprint density at radius 3 is 2.36 bits per heavy atom. The van der Waals surface area contributed by atoms with Gasteiger partial charge in [0.1, 0.15) is 5.82 Å². The first-order valence-corrected chi connectivity index (χ1v) is 10.1. The second kappa shape index (κ2) is 9.87. The van der Waals surface area contributed by atoms with Crippen LogP contribution in [0.5, 0.6) is 0 Å². The number of piperazine rings is 1. The third-order valence-corrected chi connectivity index (χ3v) is 5.84. The zero-order chi connectivity index (χ0) is 19.9. The number of carbonyl (C=O) groups excluding carboxylic acids is 2. The first-order chi connectivity index (χ1) is 13.6. The monoisotopic (exact) mass is 391 g/mol. The average Bonchev–Trinajstić information content (AvgIpc) is 2.74. The molecule has 2 aliphatic rings. The number of nitrogens with one attached hydrogen (secondary N) is 1. The van der Waals surface area contributed by atoms with Gasteiger partial charge in [-0.25, -0.2) is 4.39 Å². The van der Waals surface area contributed by atoms with Gasteiger partial charge in [0.25, 0.3) is 0 Å². The number of anilines is 1. The Bertz CT molecular complexity index is 669. The SMILES string of the molecule is COCCNC(=O)C1CCC(C(=O)N2CCN(c3ccccc3F)CC2)CC1. The van der Waals surface area contributed by atoms with Crippen molar-refractivity contribution >= 4 is 17.5 Å². The summed E-state index contributed by atoms with van der Waals surface area (Å²) in [7, 11) is 1.61. The predicted octanol–water partition coefficient (Wildman–Crippen LogP) is 2.04. The number of rotatable bonds is 6. The summed E-state index contributed by atoms with van der Waals surface area (Å²) >= 11 is 0. The maximum Gasteiger partial charge on any atom is 0.225 e. The zero-order valence-corrected chi connectivity index (χ0v) is 16.5. The molecular formula is C21H30FN3O3. The predicted molar refractivity (Wildman–Crippen MR) is 106 cm³/mol. The van der Waals surface area contributed by atoms with Crippen molar-refractivity contribution in [2.75, 3.05) is 51.3 Å². The fourth-order valence-electron chi connectivity index (χ4n) is 4.16. The molecule has 0 unspecified atom stereocenters. The van der Waals surface area contributed by atoms with Gasteiger partial charge in [-0.3, -0.25) is 9.59 Å². The molecule has 0 radical (unpaired) electrons. The molecule has 1 aliphatic heterocycles. The van der Waals surface area contributed by atoms with E-state index in [1.165, 1.54) is 6.07 Å². The molecule has 154 valence electrons. The molecule has 2 fully saturated rings. The van der Waals surface area contributed by atoms with Crippen LogP contribution in [-0.4, -0.2) is 63.2 Å². The van der Waals surface area contributed by atoms with Gasteiger partial charge in [-0.05, 0) is 37.8 Å². The Hall–Kier alpha value is -2.15. The Morgan fingerprint density at radius 1 is 1.07 bits per heavy atom. The molecule has 6 nitrogen and oxygen atoms in total. The number of hydrogen-bond donors (Lipinski definition) is 1. The van der Waals surface area contributed by atoms with Crippen molar-refractivity contribution < 1.29 is 18.7 Å². The summed E-state index contributed by atoms with van der Waals surface area (Å²) in [6, 6.07) is 6.77. The molecule has 7 heteroatoms. The Labute approximate surface area is 166 Å². The molecule has 3 rings (SSSR count). The molecule has 1 aromatic carbocycles. The molecule has 0 spiro atoms. The summed E-state index contributed by atoms with van der Waals surface area (Å²) < 4.78 is 18.9. The third kappa shape index (κ3) is 5.01. The smallest absolute Gasteiger partial charge is 0.225 e. The molecule has 1 saturated heterocycles. The average molecular weight is 391 g/mol. The quantitative estimate of drug-likeness (QED) is 0.754. The fraction of sp³-hybridized carbons (Fsp3) is 0.619. The zero-order valence-electron chi connectivity index (χ0n) is 16.5. The van der Waals surface area contributed by atoms with Crippen molar-refractivity contribution in [2.24, 2.45) is 11.8 Å². The number of ether oxygens (including phenoxy) is 1. The normalized spacial score (nSPS) is 22.8. The van der Waals surface area contributed by atoms with E-state index >= 15 is 0 Å². The van der Waals surface area contributed by atoms with Gasteiger partial charge in [0.05, 0.1) is 12.3 Å². The van der Waals surface area contributed by atoms with Crippen molar-refractivity contribution in [3.8, 4) is 0 Å². The van der Waals surface area contributed by atoms with E-state index < -0.39 is 0 Å². The first kappa shape index (κ1) is 20.6. The van der Waals surface area contributed by atoms with Crippen LogP contribution in [0.15, 0.2) is 24.3 Å². The summed E-state index contributed by atoms with van der Waals surface area (Å²) in [6.07, 6.45) is 3.03. The highest BCUT2D eigenvalue weighted by molar-refractivity contribution is 5.81. The molecule has 1 heterocycles. The number of halogens is 1. The lowest BCUT2D eigenvalue weighted by molar-refractivity contribution is -0.138. The van der Waals surface area contributed by atoms with Crippen LogP contribution in [0.25, 0.3) is 0 Å². The van der Waals surface area contributed by atoms with E-state index in [1.807, 2.05) is 15.9 Å². The van der Waals surface area contributed by atoms with Crippen molar-refractivity contribution in [2.45, 2.75) is 25.7 Å². The van der Waals surface area contributed by atoms with E-state index in [1.54, 1.807) is 19.2 Å². The van der Waals surface area contributed by atoms with Crippen molar-refractivity contribution in [3.05, 3.63) is 30.1 Å². The Kier molecular flexibility index (Phi) is 7.25. The highest BCUT2D eigenvalue weighted by Crippen LogP contribution is 2.31. The highest BCUT2D eigenvalue weighted by atomic mass is 19.1. The topological polar surface area (TPSA) is 61.9 Å². The third-order valence-electron chi connectivity index (χ3n) is 5.84. The van der Waals surface area contributed by atoms with Crippen LogP contribution in [0.2, 0.25) is 0 Å². The molecule has 0 aromatic heterocycles. The van der Waals surface area contributed by atoms with Gasteiger partial charge in [0.15, 0.2) is 0 Å². The molecule has 1 N–H and O–H groups in total. The van der Waals surface area contributed by atoms with Crippen LogP contribution in [-0.2, 0) is 14.3 Å². The number of para-hydroxylation sites is 1. The minimum absolute atomic E-state index is 0.00110. The standard InChI is InChI=1S/C21H30FN3O3/c1-28-15-10-23-20(26)16-6-8-17(9-7-16)21(27)25-13-11-24(12-14-25)19-5-3-2-4-18(19)22/h2-5,16-17H,6-15H2,1H3,(H,23,26). The van der Waals surface area contributed by atoms with E-state index in [2.05, 4.69) is 5.32 Å². The van der Waals surface area contributed by atoms with E-state index in [-0.39, 0.29) is 29.5 Å². The number of methoxy groups -OCH3 is 1. The van der Waals surface area contributed by atoms with Gasteiger partial charge >= 0.3 is 0 Å². The second-order valence-corrected chi connectivity index (χ2v) is 7.60. The molecular weight excluding hydrogens is 361 g/mol. The van der Waals surface area contributed by atoms with Crippen LogP contribution in [0, 0.1) is 17.7 Å². The summed E-state index contributed by atoms with van der Waals surface area (Å²) in [5.41, 5.74) is 0.606. The van der Waals surface area contributed by atoms with E-state index in [4.69, 9.17) is 4.74 Å². The summed E-state index contributed by atoms with van der Waals surface area (Å²) in [5.74, 6) is 0.0408.